The Bertz CT molecular complexity index is 1170. The summed E-state index contributed by atoms with van der Waals surface area (Å²) in [5.41, 5.74) is 7.40. The minimum absolute atomic E-state index is 0.00578. The van der Waals surface area contributed by atoms with Gasteiger partial charge in [0.05, 0.1) is 35.3 Å². The first-order valence-corrected chi connectivity index (χ1v) is 9.86. The Labute approximate surface area is 178 Å². The van der Waals surface area contributed by atoms with Gasteiger partial charge in [0.15, 0.2) is 6.23 Å². The highest BCUT2D eigenvalue weighted by Crippen LogP contribution is 2.38. The molecule has 3 heterocycles. The average molecular weight is 418 g/mol. The van der Waals surface area contributed by atoms with Crippen LogP contribution in [0.15, 0.2) is 24.4 Å². The summed E-state index contributed by atoms with van der Waals surface area (Å²) in [5.74, 6) is -0.663. The van der Waals surface area contributed by atoms with Gasteiger partial charge in [-0.3, -0.25) is 0 Å². The van der Waals surface area contributed by atoms with Crippen molar-refractivity contribution in [2.45, 2.75) is 39.3 Å². The van der Waals surface area contributed by atoms with Gasteiger partial charge in [-0.2, -0.15) is 5.10 Å². The number of anilines is 1. The number of ether oxygens (including phenoxy) is 2. The van der Waals surface area contributed by atoms with E-state index in [4.69, 9.17) is 30.9 Å². The van der Waals surface area contributed by atoms with E-state index in [0.29, 0.717) is 17.5 Å². The van der Waals surface area contributed by atoms with Crippen LogP contribution >= 0.6 is 11.6 Å². The molecule has 0 radical (unpaired) electrons. The number of nitrogen functional groups attached to an aromatic ring is 1. The number of esters is 1. The lowest BCUT2D eigenvalue weighted by Crippen LogP contribution is -2.18. The fourth-order valence-corrected chi connectivity index (χ4v) is 3.81. The van der Waals surface area contributed by atoms with Crippen LogP contribution in [0.2, 0.25) is 5.15 Å². The van der Waals surface area contributed by atoms with E-state index < -0.39 is 12.8 Å². The summed E-state index contributed by atoms with van der Waals surface area (Å²) in [7, 11) is 0. The standard InChI is InChI=1S/C21H23ClN4O3/c1-3-28-21(27)13-10-16(22)25-20(19(13)23)18-12(2)7-8-15-14(18)11-24-26(15)17-6-4-5-9-29-17/h7-8,10-11,17H,3-6,9,23H2,1-2H3/i2D3. The molecule has 2 N–H and O–H groups in total. The molecular formula is C21H23ClN4O3. The second-order valence-corrected chi connectivity index (χ2v) is 7.19. The van der Waals surface area contributed by atoms with Crippen molar-refractivity contribution < 1.29 is 18.4 Å². The lowest BCUT2D eigenvalue weighted by molar-refractivity contribution is -0.0366. The molecule has 0 bridgehead atoms. The number of aryl methyl sites for hydroxylation is 1. The van der Waals surface area contributed by atoms with Crippen molar-refractivity contribution in [3.05, 3.63) is 40.7 Å². The van der Waals surface area contributed by atoms with Gasteiger partial charge in [0.2, 0.25) is 0 Å². The number of benzene rings is 1. The summed E-state index contributed by atoms with van der Waals surface area (Å²) >= 11 is 6.20. The van der Waals surface area contributed by atoms with E-state index in [0.717, 1.165) is 19.3 Å². The molecular weight excluding hydrogens is 392 g/mol. The quantitative estimate of drug-likeness (QED) is 0.495. The van der Waals surface area contributed by atoms with Crippen molar-refractivity contribution in [1.29, 1.82) is 0 Å². The van der Waals surface area contributed by atoms with E-state index in [1.807, 2.05) is 0 Å². The zero-order valence-electron chi connectivity index (χ0n) is 18.9. The summed E-state index contributed by atoms with van der Waals surface area (Å²) in [4.78, 5) is 16.7. The third-order valence-corrected chi connectivity index (χ3v) is 5.16. The van der Waals surface area contributed by atoms with Crippen molar-refractivity contribution in [2.75, 3.05) is 18.9 Å². The number of aromatic nitrogens is 3. The predicted octanol–water partition coefficient (Wildman–Crippen LogP) is 4.52. The van der Waals surface area contributed by atoms with Crippen LogP contribution in [0.4, 0.5) is 5.69 Å². The van der Waals surface area contributed by atoms with Crippen molar-refractivity contribution in [2.24, 2.45) is 0 Å². The van der Waals surface area contributed by atoms with Gasteiger partial charge >= 0.3 is 5.97 Å². The summed E-state index contributed by atoms with van der Waals surface area (Å²) < 4.78 is 36.9. The third kappa shape index (κ3) is 3.56. The first kappa shape index (κ1) is 16.2. The van der Waals surface area contributed by atoms with Crippen molar-refractivity contribution in [3.8, 4) is 11.3 Å². The largest absolute Gasteiger partial charge is 0.462 e. The van der Waals surface area contributed by atoms with Crippen molar-refractivity contribution in [1.82, 2.24) is 14.8 Å². The SMILES string of the molecule is [2H]C([2H])([2H])c1ccc2c(cnn2C2CCCCO2)c1-c1nc(Cl)cc(C(=O)OCC)c1N. The summed E-state index contributed by atoms with van der Waals surface area (Å²) in [6.07, 6.45) is 4.14. The van der Waals surface area contributed by atoms with E-state index in [1.54, 1.807) is 23.9 Å². The molecule has 4 rings (SSSR count). The number of hydrogen-bond donors (Lipinski definition) is 1. The Morgan fingerprint density at radius 1 is 1.48 bits per heavy atom. The van der Waals surface area contributed by atoms with Crippen LogP contribution in [-0.2, 0) is 9.47 Å². The van der Waals surface area contributed by atoms with E-state index in [-0.39, 0.29) is 46.1 Å². The molecule has 29 heavy (non-hydrogen) atoms. The van der Waals surface area contributed by atoms with Crippen LogP contribution in [0.5, 0.6) is 0 Å². The maximum Gasteiger partial charge on any atom is 0.340 e. The predicted molar refractivity (Wildman–Crippen MR) is 112 cm³/mol. The molecule has 0 amide bonds. The van der Waals surface area contributed by atoms with Crippen LogP contribution in [0.1, 0.15) is 52.4 Å². The number of fused-ring (bicyclic) bond motifs is 1. The molecule has 1 aromatic carbocycles. The highest BCUT2D eigenvalue weighted by molar-refractivity contribution is 6.30. The number of nitrogens with two attached hydrogens (primary N) is 1. The normalized spacial score (nSPS) is 18.8. The van der Waals surface area contributed by atoms with Gasteiger partial charge in [-0.25, -0.2) is 14.5 Å². The van der Waals surface area contributed by atoms with E-state index in [9.17, 15) is 4.79 Å². The summed E-state index contributed by atoms with van der Waals surface area (Å²) in [5, 5.41) is 5.01. The number of hydrogen-bond acceptors (Lipinski definition) is 6. The molecule has 1 aliphatic rings. The topological polar surface area (TPSA) is 92.3 Å². The zero-order chi connectivity index (χ0) is 23.0. The Morgan fingerprint density at radius 3 is 3.07 bits per heavy atom. The molecule has 7 nitrogen and oxygen atoms in total. The Morgan fingerprint density at radius 2 is 2.34 bits per heavy atom. The maximum atomic E-state index is 12.4. The molecule has 1 unspecified atom stereocenters. The third-order valence-electron chi connectivity index (χ3n) is 4.97. The highest BCUT2D eigenvalue weighted by Gasteiger charge is 2.24. The van der Waals surface area contributed by atoms with Crippen LogP contribution in [0.3, 0.4) is 0 Å². The number of halogens is 1. The van der Waals surface area contributed by atoms with Crippen LogP contribution in [0, 0.1) is 6.85 Å². The van der Waals surface area contributed by atoms with Crippen LogP contribution < -0.4 is 5.73 Å². The second-order valence-electron chi connectivity index (χ2n) is 6.81. The number of carbonyl (C=O) groups is 1. The van der Waals surface area contributed by atoms with Crippen LogP contribution in [-0.4, -0.2) is 33.9 Å². The molecule has 1 fully saturated rings. The van der Waals surface area contributed by atoms with Gasteiger partial charge in [0, 0.05) is 21.7 Å². The molecule has 8 heteroatoms. The molecule has 1 aliphatic heterocycles. The first-order chi connectivity index (χ1) is 15.2. The molecule has 0 aliphatic carbocycles. The maximum absolute atomic E-state index is 12.4. The lowest BCUT2D eigenvalue weighted by atomic mass is 9.98. The van der Waals surface area contributed by atoms with Crippen molar-refractivity contribution in [3.63, 3.8) is 0 Å². The molecule has 0 spiro atoms. The molecule has 1 saturated heterocycles. The fourth-order valence-electron chi connectivity index (χ4n) is 3.61. The smallest absolute Gasteiger partial charge is 0.340 e. The monoisotopic (exact) mass is 417 g/mol. The Kier molecular flexibility index (Phi) is 4.47. The van der Waals surface area contributed by atoms with Gasteiger partial charge in [-0.05, 0) is 50.7 Å². The zero-order valence-corrected chi connectivity index (χ0v) is 16.7. The van der Waals surface area contributed by atoms with Gasteiger partial charge in [0.25, 0.3) is 0 Å². The Balaban J connectivity index is 1.99. The van der Waals surface area contributed by atoms with E-state index >= 15 is 0 Å². The van der Waals surface area contributed by atoms with Gasteiger partial charge in [-0.1, -0.05) is 17.7 Å². The highest BCUT2D eigenvalue weighted by atomic mass is 35.5. The molecule has 0 saturated carbocycles. The minimum atomic E-state index is -2.46. The number of rotatable bonds is 4. The van der Waals surface area contributed by atoms with Gasteiger partial charge in [-0.15, -0.1) is 0 Å². The Hall–Kier alpha value is -2.64. The van der Waals surface area contributed by atoms with Crippen LogP contribution in [0.25, 0.3) is 22.2 Å². The molecule has 2 aromatic heterocycles. The number of nitrogens with zero attached hydrogens (tertiary/aromatic N) is 3. The molecule has 152 valence electrons. The van der Waals surface area contributed by atoms with Gasteiger partial charge in [0.1, 0.15) is 5.15 Å². The van der Waals surface area contributed by atoms with E-state index in [2.05, 4.69) is 10.1 Å². The summed E-state index contributed by atoms with van der Waals surface area (Å²) in [6.45, 7) is -0.00375. The fraction of sp³-hybridized carbons (Fsp3) is 0.381. The lowest BCUT2D eigenvalue weighted by Gasteiger charge is -2.23. The second kappa shape index (κ2) is 8.00. The first-order valence-electron chi connectivity index (χ1n) is 11.0. The molecule has 1 atom stereocenters. The molecule has 3 aromatic rings. The number of carbonyl (C=O) groups excluding carboxylic acids is 1. The van der Waals surface area contributed by atoms with Gasteiger partial charge < -0.3 is 15.2 Å². The van der Waals surface area contributed by atoms with Crippen molar-refractivity contribution >= 4 is 34.2 Å². The van der Waals surface area contributed by atoms with E-state index in [1.165, 1.54) is 12.1 Å². The average Bonchev–Trinajstić information content (AvgIpc) is 3.19. The minimum Gasteiger partial charge on any atom is -0.462 e. The number of pyridine rings is 1. The summed E-state index contributed by atoms with van der Waals surface area (Å²) in [6, 6.07) is 4.53.